The van der Waals surface area contributed by atoms with E-state index in [9.17, 15) is 15.0 Å². The van der Waals surface area contributed by atoms with Gasteiger partial charge in [-0.05, 0) is 80.5 Å². The molecule has 2 N–H and O–H groups in total. The first kappa shape index (κ1) is 16.8. The zero-order valence-electron chi connectivity index (χ0n) is 15.3. The molecule has 3 nitrogen and oxygen atoms in total. The average molecular weight is 332 g/mol. The van der Waals surface area contributed by atoms with Crippen molar-refractivity contribution in [3.63, 3.8) is 0 Å². The fourth-order valence-corrected chi connectivity index (χ4v) is 7.44. The van der Waals surface area contributed by atoms with Crippen molar-refractivity contribution in [2.24, 2.45) is 34.5 Å². The quantitative estimate of drug-likeness (QED) is 0.723. The van der Waals surface area contributed by atoms with Crippen molar-refractivity contribution in [2.75, 3.05) is 0 Å². The monoisotopic (exact) mass is 332 g/mol. The Morgan fingerprint density at radius 1 is 1.21 bits per heavy atom. The number of rotatable bonds is 1. The van der Waals surface area contributed by atoms with Crippen LogP contribution in [0.5, 0.6) is 0 Å². The van der Waals surface area contributed by atoms with Crippen LogP contribution >= 0.6 is 0 Å². The number of fused-ring (bicyclic) bond motifs is 5. The van der Waals surface area contributed by atoms with Gasteiger partial charge in [-0.15, -0.1) is 0 Å². The highest BCUT2D eigenvalue weighted by atomic mass is 16.3. The number of carbonyl (C=O) groups is 1. The maximum absolute atomic E-state index is 12.2. The summed E-state index contributed by atoms with van der Waals surface area (Å²) in [6.45, 7) is 6.33. The summed E-state index contributed by atoms with van der Waals surface area (Å²) in [5.74, 6) is 1.79. The Kier molecular flexibility index (Phi) is 3.78. The number of hydrogen-bond acceptors (Lipinski definition) is 3. The van der Waals surface area contributed by atoms with Crippen LogP contribution < -0.4 is 0 Å². The van der Waals surface area contributed by atoms with Crippen molar-refractivity contribution in [2.45, 2.75) is 77.9 Å². The van der Waals surface area contributed by atoms with Crippen LogP contribution in [0.2, 0.25) is 0 Å². The van der Waals surface area contributed by atoms with Crippen molar-refractivity contribution >= 4 is 5.78 Å². The standard InChI is InChI=1S/C21H32O3/c1-12(22)16-6-7-17-15-5-4-13-10-14(23)8-9-20(13,2)19(15)18(24)11-21(16,17)3/h4,14-19,23-24H,5-11H2,1-3H3/t14-,15-,16+,17-,18+,19+,20-,21+/m0/s1. The molecule has 8 atom stereocenters. The molecule has 3 heteroatoms. The van der Waals surface area contributed by atoms with Gasteiger partial charge in [0, 0.05) is 5.92 Å². The second kappa shape index (κ2) is 5.41. The predicted molar refractivity (Wildman–Crippen MR) is 93.3 cm³/mol. The summed E-state index contributed by atoms with van der Waals surface area (Å²) < 4.78 is 0. The van der Waals surface area contributed by atoms with Gasteiger partial charge >= 0.3 is 0 Å². The largest absolute Gasteiger partial charge is 0.393 e. The van der Waals surface area contributed by atoms with E-state index in [1.807, 2.05) is 0 Å². The zero-order valence-corrected chi connectivity index (χ0v) is 15.3. The summed E-state index contributed by atoms with van der Waals surface area (Å²) in [6.07, 6.45) is 8.39. The number of carbonyl (C=O) groups excluding carboxylic acids is 1. The molecular weight excluding hydrogens is 300 g/mol. The van der Waals surface area contributed by atoms with Crippen LogP contribution in [0, 0.1) is 34.5 Å². The number of ketones is 1. The van der Waals surface area contributed by atoms with E-state index in [1.54, 1.807) is 6.92 Å². The van der Waals surface area contributed by atoms with Crippen LogP contribution in [-0.4, -0.2) is 28.2 Å². The number of Topliss-reactive ketones (excluding diaryl/α,β-unsaturated/α-hetero) is 1. The first-order valence-electron chi connectivity index (χ1n) is 9.83. The van der Waals surface area contributed by atoms with Crippen LogP contribution in [0.3, 0.4) is 0 Å². The summed E-state index contributed by atoms with van der Waals surface area (Å²) in [6, 6.07) is 0. The minimum Gasteiger partial charge on any atom is -0.393 e. The maximum Gasteiger partial charge on any atom is 0.133 e. The summed E-state index contributed by atoms with van der Waals surface area (Å²) in [5, 5.41) is 21.3. The minimum absolute atomic E-state index is 0.0255. The zero-order chi connectivity index (χ0) is 17.3. The summed E-state index contributed by atoms with van der Waals surface area (Å²) in [4.78, 5) is 12.2. The number of allylic oxidation sites excluding steroid dienone is 1. The van der Waals surface area contributed by atoms with E-state index in [-0.39, 0.29) is 29.0 Å². The minimum atomic E-state index is -0.319. The van der Waals surface area contributed by atoms with E-state index in [4.69, 9.17) is 0 Å². The molecule has 0 saturated heterocycles. The molecule has 4 aliphatic carbocycles. The van der Waals surface area contributed by atoms with Crippen LogP contribution in [0.25, 0.3) is 0 Å². The summed E-state index contributed by atoms with van der Waals surface area (Å²) in [7, 11) is 0. The Bertz CT molecular complexity index is 582. The molecule has 0 heterocycles. The van der Waals surface area contributed by atoms with E-state index >= 15 is 0 Å². The lowest BCUT2D eigenvalue weighted by Crippen LogP contribution is -2.56. The van der Waals surface area contributed by atoms with Gasteiger partial charge in [0.1, 0.15) is 5.78 Å². The second-order valence-electron chi connectivity index (χ2n) is 9.59. The third kappa shape index (κ3) is 2.13. The molecule has 3 fully saturated rings. The van der Waals surface area contributed by atoms with Crippen LogP contribution in [-0.2, 0) is 4.79 Å². The van der Waals surface area contributed by atoms with Crippen molar-refractivity contribution in [3.8, 4) is 0 Å². The molecule has 0 unspecified atom stereocenters. The smallest absolute Gasteiger partial charge is 0.133 e. The lowest BCUT2D eigenvalue weighted by molar-refractivity contribution is -0.140. The van der Waals surface area contributed by atoms with Crippen molar-refractivity contribution in [1.82, 2.24) is 0 Å². The molecule has 0 aromatic heterocycles. The highest BCUT2D eigenvalue weighted by Gasteiger charge is 2.62. The maximum atomic E-state index is 12.2. The molecule has 4 aliphatic rings. The molecule has 0 bridgehead atoms. The molecule has 3 saturated carbocycles. The van der Waals surface area contributed by atoms with Crippen LogP contribution in [0.4, 0.5) is 0 Å². The highest BCUT2D eigenvalue weighted by molar-refractivity contribution is 5.79. The SMILES string of the molecule is CC(=O)[C@H]1CC[C@H]2[C@@H]3CC=C4C[C@@H](O)CC[C@]4(C)[C@H]3[C@H](O)C[C@]12C. The molecule has 24 heavy (non-hydrogen) atoms. The molecule has 0 aliphatic heterocycles. The van der Waals surface area contributed by atoms with E-state index in [0.29, 0.717) is 23.5 Å². The fraction of sp³-hybridized carbons (Fsp3) is 0.857. The molecule has 0 spiro atoms. The van der Waals surface area contributed by atoms with E-state index in [2.05, 4.69) is 19.9 Å². The van der Waals surface area contributed by atoms with Gasteiger partial charge < -0.3 is 10.2 Å². The number of aliphatic hydroxyl groups is 2. The van der Waals surface area contributed by atoms with E-state index in [1.165, 1.54) is 5.57 Å². The normalized spacial score (nSPS) is 53.6. The molecule has 0 radical (unpaired) electrons. The Balaban J connectivity index is 1.71. The van der Waals surface area contributed by atoms with Gasteiger partial charge in [0.2, 0.25) is 0 Å². The topological polar surface area (TPSA) is 57.5 Å². The van der Waals surface area contributed by atoms with Gasteiger partial charge in [0.15, 0.2) is 0 Å². The molecular formula is C21H32O3. The molecule has 0 aromatic carbocycles. The molecule has 134 valence electrons. The average Bonchev–Trinajstić information content (AvgIpc) is 2.84. The van der Waals surface area contributed by atoms with Gasteiger partial charge in [-0.25, -0.2) is 0 Å². The number of aliphatic hydroxyl groups excluding tert-OH is 2. The van der Waals surface area contributed by atoms with Gasteiger partial charge in [-0.2, -0.15) is 0 Å². The lowest BCUT2D eigenvalue weighted by atomic mass is 9.46. The Morgan fingerprint density at radius 2 is 1.96 bits per heavy atom. The van der Waals surface area contributed by atoms with E-state index < -0.39 is 0 Å². The summed E-state index contributed by atoms with van der Waals surface area (Å²) in [5.41, 5.74) is 1.39. The predicted octanol–water partition coefficient (Wildman–Crippen LogP) is 3.49. The second-order valence-corrected chi connectivity index (χ2v) is 9.59. The number of hydrogen-bond donors (Lipinski definition) is 2. The first-order chi connectivity index (χ1) is 11.3. The van der Waals surface area contributed by atoms with Gasteiger partial charge in [0.05, 0.1) is 12.2 Å². The fourth-order valence-electron chi connectivity index (χ4n) is 7.44. The van der Waals surface area contributed by atoms with E-state index in [0.717, 1.165) is 44.9 Å². The van der Waals surface area contributed by atoms with Crippen LogP contribution in [0.15, 0.2) is 11.6 Å². The Morgan fingerprint density at radius 3 is 2.67 bits per heavy atom. The van der Waals surface area contributed by atoms with Gasteiger partial charge in [-0.3, -0.25) is 4.79 Å². The summed E-state index contributed by atoms with van der Waals surface area (Å²) >= 11 is 0. The molecule has 0 amide bonds. The molecule has 0 aromatic rings. The molecule has 4 rings (SSSR count). The first-order valence-corrected chi connectivity index (χ1v) is 9.83. The van der Waals surface area contributed by atoms with Crippen molar-refractivity contribution in [3.05, 3.63) is 11.6 Å². The third-order valence-corrected chi connectivity index (χ3v) is 8.50. The van der Waals surface area contributed by atoms with Gasteiger partial charge in [-0.1, -0.05) is 25.5 Å². The van der Waals surface area contributed by atoms with Gasteiger partial charge in [0.25, 0.3) is 0 Å². The Labute approximate surface area is 145 Å². The van der Waals surface area contributed by atoms with Crippen LogP contribution in [0.1, 0.15) is 65.7 Å². The lowest BCUT2D eigenvalue weighted by Gasteiger charge is -2.59. The van der Waals surface area contributed by atoms with Crippen molar-refractivity contribution in [1.29, 1.82) is 0 Å². The Hall–Kier alpha value is -0.670. The third-order valence-electron chi connectivity index (χ3n) is 8.50. The van der Waals surface area contributed by atoms with Crippen molar-refractivity contribution < 1.29 is 15.0 Å². The highest BCUT2D eigenvalue weighted by Crippen LogP contribution is 2.66.